The smallest absolute Gasteiger partial charge is 0.259 e. The van der Waals surface area contributed by atoms with E-state index in [9.17, 15) is 9.59 Å². The van der Waals surface area contributed by atoms with Crippen LogP contribution in [0.2, 0.25) is 0 Å². The second kappa shape index (κ2) is 7.19. The quantitative estimate of drug-likeness (QED) is 0.736. The molecule has 0 spiro atoms. The summed E-state index contributed by atoms with van der Waals surface area (Å²) in [7, 11) is 1.57. The third-order valence-corrected chi connectivity index (χ3v) is 4.53. The van der Waals surface area contributed by atoms with E-state index in [2.05, 4.69) is 20.8 Å². The lowest BCUT2D eigenvalue weighted by molar-refractivity contribution is 0.0960. The first-order valence-corrected chi connectivity index (χ1v) is 8.73. The molecule has 0 aliphatic carbocycles. The average molecular weight is 366 g/mol. The highest BCUT2D eigenvalue weighted by Crippen LogP contribution is 2.27. The fourth-order valence-electron chi connectivity index (χ4n) is 2.93. The topological polar surface area (TPSA) is 97.1 Å². The van der Waals surface area contributed by atoms with Crippen LogP contribution >= 0.6 is 0 Å². The molecule has 1 aromatic carbocycles. The zero-order chi connectivity index (χ0) is 19.7. The molecule has 2 aromatic heterocycles. The molecule has 0 aliphatic rings. The highest BCUT2D eigenvalue weighted by Gasteiger charge is 2.21. The van der Waals surface area contributed by atoms with Crippen LogP contribution in [0.4, 0.5) is 5.69 Å². The molecule has 140 valence electrons. The first kappa shape index (κ1) is 18.6. The van der Waals surface area contributed by atoms with Crippen molar-refractivity contribution in [3.8, 4) is 0 Å². The zero-order valence-corrected chi connectivity index (χ0v) is 16.0. The molecule has 0 unspecified atom stereocenters. The lowest BCUT2D eigenvalue weighted by Crippen LogP contribution is -2.20. The predicted octanol–water partition coefficient (Wildman–Crippen LogP) is 3.57. The highest BCUT2D eigenvalue weighted by atomic mass is 16.5. The van der Waals surface area contributed by atoms with Gasteiger partial charge >= 0.3 is 0 Å². The molecule has 3 rings (SSSR count). The molecule has 0 aliphatic heterocycles. The summed E-state index contributed by atoms with van der Waals surface area (Å²) in [4.78, 5) is 29.5. The largest absolute Gasteiger partial charge is 0.355 e. The van der Waals surface area contributed by atoms with Gasteiger partial charge in [-0.1, -0.05) is 25.1 Å². The number of anilines is 1. The SMILES string of the molecule is CNC(=O)c1cccc(NC(=O)c2cc(C(C)C)nc3onc(C)c23)c1C. The number of rotatable bonds is 4. The summed E-state index contributed by atoms with van der Waals surface area (Å²) in [5.74, 6) is -0.371. The summed E-state index contributed by atoms with van der Waals surface area (Å²) in [5.41, 5.74) is 3.94. The first-order chi connectivity index (χ1) is 12.8. The Hall–Kier alpha value is -3.22. The standard InChI is InChI=1S/C20H22N4O3/c1-10(2)16-9-14(17-12(4)24-27-20(17)23-16)19(26)22-15-8-6-7-13(11(15)3)18(25)21-5/h6-10H,1-5H3,(H,21,25)(H,22,26). The normalized spacial score (nSPS) is 11.0. The Morgan fingerprint density at radius 3 is 2.52 bits per heavy atom. The van der Waals surface area contributed by atoms with E-state index in [1.165, 1.54) is 0 Å². The van der Waals surface area contributed by atoms with Crippen LogP contribution in [0.1, 0.15) is 57.4 Å². The number of carbonyl (C=O) groups excluding carboxylic acids is 2. The average Bonchev–Trinajstić information content (AvgIpc) is 3.03. The Morgan fingerprint density at radius 2 is 1.85 bits per heavy atom. The van der Waals surface area contributed by atoms with Gasteiger partial charge in [-0.15, -0.1) is 0 Å². The van der Waals surface area contributed by atoms with Gasteiger partial charge in [-0.2, -0.15) is 0 Å². The summed E-state index contributed by atoms with van der Waals surface area (Å²) < 4.78 is 5.28. The van der Waals surface area contributed by atoms with Crippen molar-refractivity contribution >= 4 is 28.6 Å². The molecule has 0 fully saturated rings. The van der Waals surface area contributed by atoms with Crippen molar-refractivity contribution in [1.29, 1.82) is 0 Å². The number of pyridine rings is 1. The second-order valence-corrected chi connectivity index (χ2v) is 6.71. The number of carbonyl (C=O) groups is 2. The van der Waals surface area contributed by atoms with Gasteiger partial charge in [0.05, 0.1) is 16.6 Å². The van der Waals surface area contributed by atoms with E-state index in [4.69, 9.17) is 4.52 Å². The van der Waals surface area contributed by atoms with Gasteiger partial charge in [0.25, 0.3) is 17.5 Å². The van der Waals surface area contributed by atoms with Gasteiger partial charge in [-0.25, -0.2) is 4.98 Å². The molecule has 0 saturated heterocycles. The van der Waals surface area contributed by atoms with Crippen LogP contribution in [-0.4, -0.2) is 29.0 Å². The predicted molar refractivity (Wildman–Crippen MR) is 103 cm³/mol. The van der Waals surface area contributed by atoms with Gasteiger partial charge in [0.2, 0.25) is 0 Å². The van der Waals surface area contributed by atoms with Crippen LogP contribution in [0.25, 0.3) is 11.1 Å². The van der Waals surface area contributed by atoms with Gasteiger partial charge in [-0.05, 0) is 43.5 Å². The van der Waals surface area contributed by atoms with Crippen molar-refractivity contribution in [2.24, 2.45) is 0 Å². The third kappa shape index (κ3) is 3.40. The summed E-state index contributed by atoms with van der Waals surface area (Å²) >= 11 is 0. The molecular formula is C20H22N4O3. The number of aryl methyl sites for hydroxylation is 1. The molecule has 0 radical (unpaired) electrons. The first-order valence-electron chi connectivity index (χ1n) is 8.73. The number of hydrogen-bond acceptors (Lipinski definition) is 5. The van der Waals surface area contributed by atoms with E-state index in [0.29, 0.717) is 39.2 Å². The van der Waals surface area contributed by atoms with Gasteiger partial charge < -0.3 is 15.2 Å². The number of amides is 2. The minimum Gasteiger partial charge on any atom is -0.355 e. The van der Waals surface area contributed by atoms with E-state index in [1.54, 1.807) is 45.2 Å². The van der Waals surface area contributed by atoms with Crippen LogP contribution in [0, 0.1) is 13.8 Å². The summed E-state index contributed by atoms with van der Waals surface area (Å²) in [6.45, 7) is 7.56. The molecule has 7 heteroatoms. The Balaban J connectivity index is 2.05. The van der Waals surface area contributed by atoms with Crippen LogP contribution < -0.4 is 10.6 Å². The van der Waals surface area contributed by atoms with Crippen LogP contribution in [0.15, 0.2) is 28.8 Å². The highest BCUT2D eigenvalue weighted by molar-refractivity contribution is 6.13. The number of nitrogens with one attached hydrogen (secondary N) is 2. The summed E-state index contributed by atoms with van der Waals surface area (Å²) in [6, 6.07) is 6.99. The van der Waals surface area contributed by atoms with Crippen molar-refractivity contribution in [2.75, 3.05) is 12.4 Å². The number of hydrogen-bond donors (Lipinski definition) is 2. The summed E-state index contributed by atoms with van der Waals surface area (Å²) in [6.07, 6.45) is 0. The maximum absolute atomic E-state index is 13.0. The van der Waals surface area contributed by atoms with Crippen molar-refractivity contribution in [1.82, 2.24) is 15.5 Å². The second-order valence-electron chi connectivity index (χ2n) is 6.71. The molecular weight excluding hydrogens is 344 g/mol. The Bertz CT molecular complexity index is 1040. The molecule has 27 heavy (non-hydrogen) atoms. The lowest BCUT2D eigenvalue weighted by Gasteiger charge is -2.13. The zero-order valence-electron chi connectivity index (χ0n) is 16.0. The minimum absolute atomic E-state index is 0.129. The molecule has 2 heterocycles. The minimum atomic E-state index is -0.298. The molecule has 0 saturated carbocycles. The van der Waals surface area contributed by atoms with Crippen molar-refractivity contribution in [3.05, 3.63) is 52.3 Å². The molecule has 2 amide bonds. The monoisotopic (exact) mass is 366 g/mol. The lowest BCUT2D eigenvalue weighted by atomic mass is 10.0. The fourth-order valence-corrected chi connectivity index (χ4v) is 2.93. The molecule has 0 bridgehead atoms. The van der Waals surface area contributed by atoms with E-state index >= 15 is 0 Å². The van der Waals surface area contributed by atoms with Crippen molar-refractivity contribution < 1.29 is 14.1 Å². The molecule has 0 atom stereocenters. The number of fused-ring (bicyclic) bond motifs is 1. The maximum atomic E-state index is 13.0. The van der Waals surface area contributed by atoms with Crippen LogP contribution in [0.3, 0.4) is 0 Å². The van der Waals surface area contributed by atoms with E-state index in [1.807, 2.05) is 13.8 Å². The van der Waals surface area contributed by atoms with Gasteiger partial charge in [0, 0.05) is 24.0 Å². The Kier molecular flexibility index (Phi) is 4.94. The van der Waals surface area contributed by atoms with Gasteiger partial charge in [0.1, 0.15) is 0 Å². The van der Waals surface area contributed by atoms with E-state index in [-0.39, 0.29) is 17.7 Å². The molecule has 2 N–H and O–H groups in total. The van der Waals surface area contributed by atoms with E-state index < -0.39 is 0 Å². The Morgan fingerprint density at radius 1 is 1.11 bits per heavy atom. The maximum Gasteiger partial charge on any atom is 0.259 e. The number of benzene rings is 1. The fraction of sp³-hybridized carbons (Fsp3) is 0.300. The number of aromatic nitrogens is 2. The molecule has 3 aromatic rings. The van der Waals surface area contributed by atoms with Gasteiger partial charge in [-0.3, -0.25) is 9.59 Å². The van der Waals surface area contributed by atoms with E-state index in [0.717, 1.165) is 5.69 Å². The van der Waals surface area contributed by atoms with Crippen molar-refractivity contribution in [2.45, 2.75) is 33.6 Å². The van der Waals surface area contributed by atoms with Crippen molar-refractivity contribution in [3.63, 3.8) is 0 Å². The number of nitrogens with zero attached hydrogens (tertiary/aromatic N) is 2. The van der Waals surface area contributed by atoms with Crippen LogP contribution in [-0.2, 0) is 0 Å². The van der Waals surface area contributed by atoms with Crippen LogP contribution in [0.5, 0.6) is 0 Å². The summed E-state index contributed by atoms with van der Waals surface area (Å²) in [5, 5.41) is 10.0. The molecule has 7 nitrogen and oxygen atoms in total. The van der Waals surface area contributed by atoms with Gasteiger partial charge in [0.15, 0.2) is 0 Å². The Labute approximate surface area is 157 Å². The third-order valence-electron chi connectivity index (χ3n) is 4.53.